The van der Waals surface area contributed by atoms with Crippen LogP contribution in [0, 0.1) is 0 Å². The summed E-state index contributed by atoms with van der Waals surface area (Å²) in [5.41, 5.74) is 0. The van der Waals surface area contributed by atoms with Crippen LogP contribution in [-0.2, 0) is 11.3 Å². The number of hydrogen-bond donors (Lipinski definition) is 1. The van der Waals surface area contributed by atoms with Crippen LogP contribution in [0.1, 0.15) is 19.2 Å². The molecule has 0 fully saturated rings. The van der Waals surface area contributed by atoms with Gasteiger partial charge >= 0.3 is 0 Å². The fourth-order valence-electron chi connectivity index (χ4n) is 1.70. The van der Waals surface area contributed by atoms with Crippen molar-refractivity contribution >= 4 is 33.5 Å². The lowest BCUT2D eigenvalue weighted by Crippen LogP contribution is -2.06. The van der Waals surface area contributed by atoms with Crippen LogP contribution in [0.3, 0.4) is 0 Å². The highest BCUT2D eigenvalue weighted by molar-refractivity contribution is 9.10. The lowest BCUT2D eigenvalue weighted by Gasteiger charge is -2.09. The molecule has 0 spiro atoms. The molecule has 2 rings (SSSR count). The summed E-state index contributed by atoms with van der Waals surface area (Å²) in [5, 5.41) is 4.21. The molecule has 0 atom stereocenters. The number of benzene rings is 1. The van der Waals surface area contributed by atoms with Crippen molar-refractivity contribution < 1.29 is 4.74 Å². The molecule has 0 unspecified atom stereocenters. The molecular weight excluding hydrogens is 350 g/mol. The van der Waals surface area contributed by atoms with Crippen molar-refractivity contribution in [1.29, 1.82) is 0 Å². The van der Waals surface area contributed by atoms with Crippen molar-refractivity contribution in [2.24, 2.45) is 0 Å². The first kappa shape index (κ1) is 16.3. The molecule has 1 aromatic heterocycles. The minimum atomic E-state index is 0.408. The molecule has 0 radical (unpaired) electrons. The molecule has 6 heteroatoms. The molecule has 0 aliphatic carbocycles. The number of anilines is 1. The molecule has 0 amide bonds. The molecule has 0 aliphatic rings. The summed E-state index contributed by atoms with van der Waals surface area (Å²) in [6.07, 6.45) is 1.05. The molecular formula is C15H18BrN3OS. The summed E-state index contributed by atoms with van der Waals surface area (Å²) in [7, 11) is 1.65. The van der Waals surface area contributed by atoms with E-state index in [2.05, 4.69) is 44.2 Å². The lowest BCUT2D eigenvalue weighted by atomic mass is 10.4. The second-order valence-corrected chi connectivity index (χ2v) is 6.32. The smallest absolute Gasteiger partial charge is 0.157 e. The van der Waals surface area contributed by atoms with Crippen molar-refractivity contribution in [2.75, 3.05) is 19.0 Å². The normalized spacial score (nSPS) is 10.6. The first-order valence-corrected chi connectivity index (χ1v) is 8.37. The third-order valence-corrected chi connectivity index (χ3v) is 4.58. The zero-order valence-electron chi connectivity index (χ0n) is 12.1. The van der Waals surface area contributed by atoms with Gasteiger partial charge in [-0.1, -0.05) is 30.8 Å². The maximum absolute atomic E-state index is 5.14. The predicted molar refractivity (Wildman–Crippen MR) is 89.8 cm³/mol. The molecule has 0 saturated carbocycles. The Labute approximate surface area is 137 Å². The quantitative estimate of drug-likeness (QED) is 0.736. The van der Waals surface area contributed by atoms with Crippen molar-refractivity contribution in [3.05, 3.63) is 40.6 Å². The Bertz CT molecular complexity index is 595. The molecule has 21 heavy (non-hydrogen) atoms. The van der Waals surface area contributed by atoms with E-state index >= 15 is 0 Å². The molecule has 1 heterocycles. The highest BCUT2D eigenvalue weighted by Crippen LogP contribution is 2.33. The molecule has 2 aromatic rings. The minimum Gasteiger partial charge on any atom is -0.377 e. The fourth-order valence-corrected chi connectivity index (χ4v) is 3.09. The Morgan fingerprint density at radius 2 is 2.10 bits per heavy atom. The summed E-state index contributed by atoms with van der Waals surface area (Å²) in [5.74, 6) is 1.53. The number of rotatable bonds is 7. The van der Waals surface area contributed by atoms with E-state index in [0.29, 0.717) is 12.4 Å². The van der Waals surface area contributed by atoms with Gasteiger partial charge in [-0.25, -0.2) is 9.97 Å². The molecule has 0 bridgehead atoms. The van der Waals surface area contributed by atoms with Crippen molar-refractivity contribution in [3.8, 4) is 0 Å². The maximum atomic E-state index is 5.14. The van der Waals surface area contributed by atoms with Gasteiger partial charge in [0.15, 0.2) is 5.82 Å². The van der Waals surface area contributed by atoms with E-state index in [0.717, 1.165) is 33.2 Å². The van der Waals surface area contributed by atoms with Gasteiger partial charge in [-0.05, 0) is 34.5 Å². The Kier molecular flexibility index (Phi) is 6.48. The van der Waals surface area contributed by atoms with E-state index in [4.69, 9.17) is 4.74 Å². The second kappa shape index (κ2) is 8.36. The number of nitrogens with zero attached hydrogens (tertiary/aromatic N) is 2. The SMILES string of the molecule is CCCNc1cc(Sc2ccccc2Br)nc(COC)n1. The third kappa shape index (κ3) is 4.98. The number of hydrogen-bond acceptors (Lipinski definition) is 5. The van der Waals surface area contributed by atoms with Crippen LogP contribution in [0.15, 0.2) is 44.7 Å². The number of nitrogens with one attached hydrogen (secondary N) is 1. The van der Waals surface area contributed by atoms with Crippen molar-refractivity contribution in [3.63, 3.8) is 0 Å². The molecule has 4 nitrogen and oxygen atoms in total. The van der Waals surface area contributed by atoms with E-state index in [9.17, 15) is 0 Å². The summed E-state index contributed by atoms with van der Waals surface area (Å²) < 4.78 is 6.21. The zero-order chi connectivity index (χ0) is 15.1. The van der Waals surface area contributed by atoms with Crippen LogP contribution in [0.25, 0.3) is 0 Å². The van der Waals surface area contributed by atoms with Crippen LogP contribution in [-0.4, -0.2) is 23.6 Å². The summed E-state index contributed by atoms with van der Waals surface area (Å²) in [4.78, 5) is 10.1. The van der Waals surface area contributed by atoms with Crippen LogP contribution < -0.4 is 5.32 Å². The van der Waals surface area contributed by atoms with Gasteiger partial charge < -0.3 is 10.1 Å². The third-order valence-electron chi connectivity index (χ3n) is 2.63. The van der Waals surface area contributed by atoms with Crippen molar-refractivity contribution in [2.45, 2.75) is 29.9 Å². The van der Waals surface area contributed by atoms with Gasteiger partial charge in [-0.15, -0.1) is 0 Å². The van der Waals surface area contributed by atoms with Gasteiger partial charge in [0, 0.05) is 29.1 Å². The zero-order valence-corrected chi connectivity index (χ0v) is 14.5. The largest absolute Gasteiger partial charge is 0.377 e. The molecule has 1 N–H and O–H groups in total. The van der Waals surface area contributed by atoms with Gasteiger partial charge in [-0.2, -0.15) is 0 Å². The average molecular weight is 368 g/mol. The van der Waals surface area contributed by atoms with Crippen LogP contribution >= 0.6 is 27.7 Å². The van der Waals surface area contributed by atoms with Crippen molar-refractivity contribution in [1.82, 2.24) is 9.97 Å². The molecule has 112 valence electrons. The number of methoxy groups -OCH3 is 1. The van der Waals surface area contributed by atoms with E-state index in [1.807, 2.05) is 24.3 Å². The molecule has 0 aliphatic heterocycles. The number of ether oxygens (including phenoxy) is 1. The number of halogens is 1. The van der Waals surface area contributed by atoms with Gasteiger partial charge in [0.1, 0.15) is 17.5 Å². The topological polar surface area (TPSA) is 47.0 Å². The number of aromatic nitrogens is 2. The van der Waals surface area contributed by atoms with Gasteiger partial charge in [-0.3, -0.25) is 0 Å². The Morgan fingerprint density at radius 3 is 2.81 bits per heavy atom. The van der Waals surface area contributed by atoms with E-state index in [-0.39, 0.29) is 0 Å². The Morgan fingerprint density at radius 1 is 1.29 bits per heavy atom. The van der Waals surface area contributed by atoms with Gasteiger partial charge in [0.2, 0.25) is 0 Å². The highest BCUT2D eigenvalue weighted by Gasteiger charge is 2.08. The first-order valence-electron chi connectivity index (χ1n) is 6.76. The fraction of sp³-hybridized carbons (Fsp3) is 0.333. The van der Waals surface area contributed by atoms with E-state index in [1.165, 1.54) is 0 Å². The molecule has 0 saturated heterocycles. The summed E-state index contributed by atoms with van der Waals surface area (Å²) >= 11 is 5.17. The van der Waals surface area contributed by atoms with E-state index in [1.54, 1.807) is 18.9 Å². The van der Waals surface area contributed by atoms with Crippen LogP contribution in [0.4, 0.5) is 5.82 Å². The minimum absolute atomic E-state index is 0.408. The monoisotopic (exact) mass is 367 g/mol. The van der Waals surface area contributed by atoms with Crippen LogP contribution in [0.2, 0.25) is 0 Å². The average Bonchev–Trinajstić information content (AvgIpc) is 2.48. The highest BCUT2D eigenvalue weighted by atomic mass is 79.9. The van der Waals surface area contributed by atoms with Gasteiger partial charge in [0.05, 0.1) is 0 Å². The Hall–Kier alpha value is -1.11. The Balaban J connectivity index is 2.24. The van der Waals surface area contributed by atoms with Crippen LogP contribution in [0.5, 0.6) is 0 Å². The van der Waals surface area contributed by atoms with Gasteiger partial charge in [0.25, 0.3) is 0 Å². The van der Waals surface area contributed by atoms with E-state index < -0.39 is 0 Å². The molecule has 1 aromatic carbocycles. The maximum Gasteiger partial charge on any atom is 0.157 e. The standard InChI is InChI=1S/C15H18BrN3OS/c1-3-8-17-13-9-15(19-14(18-13)10-20-2)21-12-7-5-4-6-11(12)16/h4-7,9H,3,8,10H2,1-2H3,(H,17,18,19). The first-order chi connectivity index (χ1) is 10.2. The summed E-state index contributed by atoms with van der Waals surface area (Å²) in [6, 6.07) is 10.1. The predicted octanol–water partition coefficient (Wildman–Crippen LogP) is 4.36. The summed E-state index contributed by atoms with van der Waals surface area (Å²) in [6.45, 7) is 3.43. The second-order valence-electron chi connectivity index (χ2n) is 4.40. The lowest BCUT2D eigenvalue weighted by molar-refractivity contribution is 0.177.